The van der Waals surface area contributed by atoms with Gasteiger partial charge in [0.15, 0.2) is 0 Å². The SMILES string of the molecule is CC1(C)C(O)CC1Nc1ccc(C(F)(F)F)cn1. The lowest BCUT2D eigenvalue weighted by Gasteiger charge is -2.49. The molecule has 2 atom stereocenters. The molecule has 1 heterocycles. The zero-order valence-electron chi connectivity index (χ0n) is 10.1. The van der Waals surface area contributed by atoms with Gasteiger partial charge in [-0.3, -0.25) is 0 Å². The van der Waals surface area contributed by atoms with Crippen LogP contribution in [0, 0.1) is 5.41 Å². The van der Waals surface area contributed by atoms with Gasteiger partial charge in [0, 0.05) is 17.7 Å². The van der Waals surface area contributed by atoms with Gasteiger partial charge in [0.2, 0.25) is 0 Å². The van der Waals surface area contributed by atoms with Crippen LogP contribution in [-0.4, -0.2) is 22.2 Å². The molecule has 0 aliphatic heterocycles. The quantitative estimate of drug-likeness (QED) is 0.859. The minimum absolute atomic E-state index is 0.0248. The van der Waals surface area contributed by atoms with E-state index >= 15 is 0 Å². The van der Waals surface area contributed by atoms with E-state index in [-0.39, 0.29) is 17.6 Å². The Morgan fingerprint density at radius 1 is 1.39 bits per heavy atom. The van der Waals surface area contributed by atoms with Gasteiger partial charge >= 0.3 is 6.18 Å². The predicted octanol–water partition coefficient (Wildman–Crippen LogP) is 2.67. The number of halogens is 3. The molecule has 0 amide bonds. The van der Waals surface area contributed by atoms with Crippen LogP contribution in [-0.2, 0) is 6.18 Å². The van der Waals surface area contributed by atoms with Crippen molar-refractivity contribution in [2.24, 2.45) is 5.41 Å². The molecule has 6 heteroatoms. The second-order valence-corrected chi connectivity index (χ2v) is 5.20. The number of rotatable bonds is 2. The summed E-state index contributed by atoms with van der Waals surface area (Å²) in [6.45, 7) is 3.81. The third-order valence-corrected chi connectivity index (χ3v) is 3.63. The highest BCUT2D eigenvalue weighted by atomic mass is 19.4. The van der Waals surface area contributed by atoms with Crippen LogP contribution in [0.1, 0.15) is 25.8 Å². The van der Waals surface area contributed by atoms with Crippen LogP contribution in [0.3, 0.4) is 0 Å². The van der Waals surface area contributed by atoms with Crippen LogP contribution >= 0.6 is 0 Å². The highest BCUT2D eigenvalue weighted by Crippen LogP contribution is 2.42. The summed E-state index contributed by atoms with van der Waals surface area (Å²) in [4.78, 5) is 3.74. The first-order valence-electron chi connectivity index (χ1n) is 5.69. The summed E-state index contributed by atoms with van der Waals surface area (Å²) in [6, 6.07) is 2.33. The van der Waals surface area contributed by atoms with Crippen LogP contribution in [0.5, 0.6) is 0 Å². The topological polar surface area (TPSA) is 45.1 Å². The second-order valence-electron chi connectivity index (χ2n) is 5.20. The van der Waals surface area contributed by atoms with E-state index in [4.69, 9.17) is 0 Å². The number of alkyl halides is 3. The molecule has 100 valence electrons. The highest BCUT2D eigenvalue weighted by molar-refractivity contribution is 5.39. The number of anilines is 1. The van der Waals surface area contributed by atoms with E-state index in [1.165, 1.54) is 6.07 Å². The molecule has 0 radical (unpaired) electrons. The number of aromatic nitrogens is 1. The van der Waals surface area contributed by atoms with Gasteiger partial charge in [0.1, 0.15) is 5.82 Å². The van der Waals surface area contributed by atoms with Crippen molar-refractivity contribution in [1.82, 2.24) is 4.98 Å². The normalized spacial score (nSPS) is 26.6. The maximum absolute atomic E-state index is 12.3. The first kappa shape index (κ1) is 13.1. The lowest BCUT2D eigenvalue weighted by Crippen LogP contribution is -2.57. The Morgan fingerprint density at radius 3 is 2.44 bits per heavy atom. The number of pyridine rings is 1. The third-order valence-electron chi connectivity index (χ3n) is 3.63. The van der Waals surface area contributed by atoms with E-state index in [9.17, 15) is 18.3 Å². The summed E-state index contributed by atoms with van der Waals surface area (Å²) < 4.78 is 37.0. The van der Waals surface area contributed by atoms with Crippen LogP contribution in [0.4, 0.5) is 19.0 Å². The Kier molecular flexibility index (Phi) is 3.01. The van der Waals surface area contributed by atoms with E-state index in [1.54, 1.807) is 0 Å². The third kappa shape index (κ3) is 2.29. The molecule has 1 aromatic heterocycles. The molecular weight excluding hydrogens is 245 g/mol. The fraction of sp³-hybridized carbons (Fsp3) is 0.583. The average Bonchev–Trinajstić information content (AvgIpc) is 2.28. The number of aliphatic hydroxyl groups excluding tert-OH is 1. The first-order valence-corrected chi connectivity index (χ1v) is 5.69. The summed E-state index contributed by atoms with van der Waals surface area (Å²) in [5.74, 6) is 0.396. The summed E-state index contributed by atoms with van der Waals surface area (Å²) >= 11 is 0. The molecule has 0 bridgehead atoms. The van der Waals surface area contributed by atoms with E-state index in [0.717, 1.165) is 12.3 Å². The summed E-state index contributed by atoms with van der Waals surface area (Å²) in [5.41, 5.74) is -1.05. The van der Waals surface area contributed by atoms with Crippen molar-refractivity contribution >= 4 is 5.82 Å². The molecule has 0 spiro atoms. The van der Waals surface area contributed by atoms with Crippen molar-refractivity contribution in [2.45, 2.75) is 38.6 Å². The van der Waals surface area contributed by atoms with Crippen LogP contribution in [0.2, 0.25) is 0 Å². The van der Waals surface area contributed by atoms with E-state index < -0.39 is 11.7 Å². The smallest absolute Gasteiger partial charge is 0.392 e. The Morgan fingerprint density at radius 2 is 2.06 bits per heavy atom. The van der Waals surface area contributed by atoms with Crippen molar-refractivity contribution in [1.29, 1.82) is 0 Å². The molecule has 1 aromatic rings. The Balaban J connectivity index is 2.04. The largest absolute Gasteiger partial charge is 0.417 e. The molecular formula is C12H15F3N2O. The molecule has 1 aliphatic carbocycles. The number of nitrogens with one attached hydrogen (secondary N) is 1. The van der Waals surface area contributed by atoms with Crippen molar-refractivity contribution in [3.63, 3.8) is 0 Å². The maximum Gasteiger partial charge on any atom is 0.417 e. The molecule has 0 saturated heterocycles. The van der Waals surface area contributed by atoms with Crippen LogP contribution in [0.15, 0.2) is 18.3 Å². The Labute approximate surface area is 103 Å². The van der Waals surface area contributed by atoms with Gasteiger partial charge in [-0.05, 0) is 18.6 Å². The van der Waals surface area contributed by atoms with Crippen molar-refractivity contribution in [3.8, 4) is 0 Å². The predicted molar refractivity (Wildman–Crippen MR) is 61.1 cm³/mol. The highest BCUT2D eigenvalue weighted by Gasteiger charge is 2.47. The molecule has 3 nitrogen and oxygen atoms in total. The summed E-state index contributed by atoms with van der Waals surface area (Å²) in [6.07, 6.45) is -3.36. The lowest BCUT2D eigenvalue weighted by atomic mass is 9.64. The number of aliphatic hydroxyl groups is 1. The molecule has 0 aromatic carbocycles. The Hall–Kier alpha value is -1.30. The first-order chi connectivity index (χ1) is 8.21. The number of hydrogen-bond donors (Lipinski definition) is 2. The van der Waals surface area contributed by atoms with Crippen LogP contribution in [0.25, 0.3) is 0 Å². The van der Waals surface area contributed by atoms with Gasteiger partial charge in [-0.25, -0.2) is 4.98 Å². The minimum Gasteiger partial charge on any atom is -0.392 e. The zero-order valence-corrected chi connectivity index (χ0v) is 10.1. The zero-order chi connectivity index (χ0) is 13.6. The number of hydrogen-bond acceptors (Lipinski definition) is 3. The van der Waals surface area contributed by atoms with Crippen molar-refractivity contribution in [2.75, 3.05) is 5.32 Å². The van der Waals surface area contributed by atoms with E-state index in [1.807, 2.05) is 13.8 Å². The van der Waals surface area contributed by atoms with Crippen LogP contribution < -0.4 is 5.32 Å². The van der Waals surface area contributed by atoms with Gasteiger partial charge in [-0.2, -0.15) is 13.2 Å². The molecule has 1 saturated carbocycles. The molecule has 2 unspecified atom stereocenters. The average molecular weight is 260 g/mol. The van der Waals surface area contributed by atoms with Crippen molar-refractivity contribution in [3.05, 3.63) is 23.9 Å². The fourth-order valence-electron chi connectivity index (χ4n) is 1.97. The maximum atomic E-state index is 12.3. The lowest BCUT2D eigenvalue weighted by molar-refractivity contribution is -0.137. The standard InChI is InChI=1S/C12H15F3N2O/c1-11(2)8(5-9(11)18)17-10-4-3-7(6-16-10)12(13,14)15/h3-4,6,8-9,18H,5H2,1-2H3,(H,16,17). The minimum atomic E-state index is -4.36. The second kappa shape index (κ2) is 4.12. The molecule has 2 rings (SSSR count). The molecule has 2 N–H and O–H groups in total. The van der Waals surface area contributed by atoms with Gasteiger partial charge in [0.05, 0.1) is 11.7 Å². The van der Waals surface area contributed by atoms with Gasteiger partial charge < -0.3 is 10.4 Å². The molecule has 18 heavy (non-hydrogen) atoms. The van der Waals surface area contributed by atoms with E-state index in [2.05, 4.69) is 10.3 Å². The van der Waals surface area contributed by atoms with E-state index in [0.29, 0.717) is 12.2 Å². The molecule has 1 fully saturated rings. The summed E-state index contributed by atoms with van der Waals surface area (Å²) in [5, 5.41) is 12.6. The monoisotopic (exact) mass is 260 g/mol. The molecule has 1 aliphatic rings. The van der Waals surface area contributed by atoms with Gasteiger partial charge in [-0.15, -0.1) is 0 Å². The van der Waals surface area contributed by atoms with Gasteiger partial charge in [-0.1, -0.05) is 13.8 Å². The Bertz CT molecular complexity index is 428. The number of nitrogens with zero attached hydrogens (tertiary/aromatic N) is 1. The summed E-state index contributed by atoms with van der Waals surface area (Å²) in [7, 11) is 0. The van der Waals surface area contributed by atoms with Crippen molar-refractivity contribution < 1.29 is 18.3 Å². The van der Waals surface area contributed by atoms with Gasteiger partial charge in [0.25, 0.3) is 0 Å². The fourth-order valence-corrected chi connectivity index (χ4v) is 1.97.